The smallest absolute Gasteiger partial charge is 0.231 e. The molecule has 1 atom stereocenters. The molecule has 0 aliphatic rings. The molecule has 20 heavy (non-hydrogen) atoms. The summed E-state index contributed by atoms with van der Waals surface area (Å²) in [6.07, 6.45) is 0. The van der Waals surface area contributed by atoms with E-state index in [1.807, 2.05) is 0 Å². The van der Waals surface area contributed by atoms with Crippen LogP contribution in [0, 0.1) is 5.82 Å². The van der Waals surface area contributed by atoms with Crippen LogP contribution in [0.25, 0.3) is 0 Å². The third kappa shape index (κ3) is 3.08. The van der Waals surface area contributed by atoms with Gasteiger partial charge in [0.15, 0.2) is 5.82 Å². The molecule has 1 unspecified atom stereocenters. The fraction of sp³-hybridized carbons (Fsp3) is 0.133. The van der Waals surface area contributed by atoms with Crippen LogP contribution < -0.4 is 11.1 Å². The monoisotopic (exact) mass is 292 g/mol. The third-order valence-corrected chi connectivity index (χ3v) is 3.31. The summed E-state index contributed by atoms with van der Waals surface area (Å²) in [6, 6.07) is 11.5. The first-order valence-corrected chi connectivity index (χ1v) is 6.47. The molecule has 0 fully saturated rings. The van der Waals surface area contributed by atoms with Crippen molar-refractivity contribution in [3.8, 4) is 0 Å². The second-order valence-electron chi connectivity index (χ2n) is 4.48. The van der Waals surface area contributed by atoms with Gasteiger partial charge in [-0.3, -0.25) is 4.79 Å². The average Bonchev–Trinajstić information content (AvgIpc) is 2.43. The number of carbonyl (C=O) groups is 1. The van der Waals surface area contributed by atoms with Crippen LogP contribution in [0.5, 0.6) is 0 Å². The fourth-order valence-corrected chi connectivity index (χ4v) is 2.00. The van der Waals surface area contributed by atoms with Gasteiger partial charge in [0.2, 0.25) is 5.91 Å². The molecule has 104 valence electrons. The van der Waals surface area contributed by atoms with Crippen LogP contribution in [0.2, 0.25) is 5.02 Å². The summed E-state index contributed by atoms with van der Waals surface area (Å²) >= 11 is 5.67. The molecule has 0 radical (unpaired) electrons. The Bertz CT molecular complexity index is 646. The van der Waals surface area contributed by atoms with Gasteiger partial charge in [-0.1, -0.05) is 29.8 Å². The summed E-state index contributed by atoms with van der Waals surface area (Å²) in [4.78, 5) is 12.1. The van der Waals surface area contributed by atoms with Gasteiger partial charge < -0.3 is 11.1 Å². The van der Waals surface area contributed by atoms with Crippen molar-refractivity contribution in [3.05, 3.63) is 58.9 Å². The summed E-state index contributed by atoms with van der Waals surface area (Å²) in [6.45, 7) is 1.73. The first-order chi connectivity index (χ1) is 9.49. The Kier molecular flexibility index (Phi) is 4.25. The van der Waals surface area contributed by atoms with E-state index in [1.165, 1.54) is 12.1 Å². The van der Waals surface area contributed by atoms with Gasteiger partial charge in [0, 0.05) is 5.69 Å². The zero-order chi connectivity index (χ0) is 14.7. The van der Waals surface area contributed by atoms with Crippen LogP contribution in [-0.4, -0.2) is 5.91 Å². The number of rotatable bonds is 3. The molecular formula is C15H14ClFN2O. The van der Waals surface area contributed by atoms with Crippen molar-refractivity contribution >= 4 is 28.9 Å². The molecule has 2 rings (SSSR count). The molecule has 2 aromatic rings. The van der Waals surface area contributed by atoms with E-state index in [9.17, 15) is 9.18 Å². The molecule has 0 aliphatic heterocycles. The summed E-state index contributed by atoms with van der Waals surface area (Å²) < 4.78 is 13.7. The molecule has 0 aromatic heterocycles. The number of hydrogen-bond donors (Lipinski definition) is 2. The lowest BCUT2D eigenvalue weighted by molar-refractivity contribution is -0.117. The van der Waals surface area contributed by atoms with Gasteiger partial charge in [0.25, 0.3) is 0 Å². The van der Waals surface area contributed by atoms with Crippen molar-refractivity contribution < 1.29 is 9.18 Å². The molecule has 0 aliphatic carbocycles. The van der Waals surface area contributed by atoms with Crippen molar-refractivity contribution in [2.75, 3.05) is 11.1 Å². The second kappa shape index (κ2) is 5.92. The van der Waals surface area contributed by atoms with E-state index in [1.54, 1.807) is 37.3 Å². The van der Waals surface area contributed by atoms with E-state index in [2.05, 4.69) is 5.32 Å². The summed E-state index contributed by atoms with van der Waals surface area (Å²) in [7, 11) is 0. The molecule has 3 nitrogen and oxygen atoms in total. The van der Waals surface area contributed by atoms with E-state index in [-0.39, 0.29) is 16.6 Å². The van der Waals surface area contributed by atoms with Crippen LogP contribution in [0.15, 0.2) is 42.5 Å². The van der Waals surface area contributed by atoms with Gasteiger partial charge in [-0.2, -0.15) is 0 Å². The molecule has 0 spiro atoms. The topological polar surface area (TPSA) is 55.1 Å². The number of hydrogen-bond acceptors (Lipinski definition) is 2. The lowest BCUT2D eigenvalue weighted by atomic mass is 10.00. The Morgan fingerprint density at radius 1 is 1.30 bits per heavy atom. The predicted molar refractivity (Wildman–Crippen MR) is 79.3 cm³/mol. The van der Waals surface area contributed by atoms with Crippen LogP contribution >= 0.6 is 11.6 Å². The number of nitrogens with one attached hydrogen (secondary N) is 1. The maximum Gasteiger partial charge on any atom is 0.231 e. The SMILES string of the molecule is CC(C(=O)Nc1cccc(Cl)c1F)c1cccc(N)c1. The van der Waals surface area contributed by atoms with Crippen molar-refractivity contribution in [1.29, 1.82) is 0 Å². The molecule has 0 heterocycles. The fourth-order valence-electron chi connectivity index (χ4n) is 1.82. The highest BCUT2D eigenvalue weighted by Crippen LogP contribution is 2.24. The minimum atomic E-state index is -0.637. The highest BCUT2D eigenvalue weighted by molar-refractivity contribution is 6.31. The molecule has 1 amide bonds. The minimum absolute atomic E-state index is 0.0283. The lowest BCUT2D eigenvalue weighted by Gasteiger charge is -2.13. The first-order valence-electron chi connectivity index (χ1n) is 6.09. The molecule has 3 N–H and O–H groups in total. The maximum absolute atomic E-state index is 13.7. The Morgan fingerprint density at radius 3 is 2.70 bits per heavy atom. The number of carbonyl (C=O) groups excluding carboxylic acids is 1. The number of anilines is 2. The molecular weight excluding hydrogens is 279 g/mol. The van der Waals surface area contributed by atoms with Gasteiger partial charge >= 0.3 is 0 Å². The molecule has 0 bridgehead atoms. The zero-order valence-electron chi connectivity index (χ0n) is 10.9. The normalized spacial score (nSPS) is 11.9. The van der Waals surface area contributed by atoms with Crippen molar-refractivity contribution in [1.82, 2.24) is 0 Å². The summed E-state index contributed by atoms with van der Waals surface area (Å²) in [5.74, 6) is -1.41. The molecule has 2 aromatic carbocycles. The van der Waals surface area contributed by atoms with Gasteiger partial charge in [-0.15, -0.1) is 0 Å². The lowest BCUT2D eigenvalue weighted by Crippen LogP contribution is -2.19. The van der Waals surface area contributed by atoms with Gasteiger partial charge in [0.05, 0.1) is 16.6 Å². The average molecular weight is 293 g/mol. The maximum atomic E-state index is 13.7. The number of nitrogens with two attached hydrogens (primary N) is 1. The second-order valence-corrected chi connectivity index (χ2v) is 4.89. The highest BCUT2D eigenvalue weighted by atomic mass is 35.5. The highest BCUT2D eigenvalue weighted by Gasteiger charge is 2.17. The van der Waals surface area contributed by atoms with Crippen LogP contribution in [-0.2, 0) is 4.79 Å². The quantitative estimate of drug-likeness (QED) is 0.845. The van der Waals surface area contributed by atoms with Gasteiger partial charge in [0.1, 0.15) is 0 Å². The Morgan fingerprint density at radius 2 is 2.00 bits per heavy atom. The predicted octanol–water partition coefficient (Wildman–Crippen LogP) is 3.80. The van der Waals surface area contributed by atoms with Gasteiger partial charge in [-0.05, 0) is 36.8 Å². The molecule has 0 saturated heterocycles. The van der Waals surface area contributed by atoms with Crippen molar-refractivity contribution in [3.63, 3.8) is 0 Å². The van der Waals surface area contributed by atoms with Gasteiger partial charge in [-0.25, -0.2) is 4.39 Å². The van der Waals surface area contributed by atoms with E-state index in [0.29, 0.717) is 5.69 Å². The van der Waals surface area contributed by atoms with Crippen LogP contribution in [0.1, 0.15) is 18.4 Å². The van der Waals surface area contributed by atoms with Crippen LogP contribution in [0.4, 0.5) is 15.8 Å². The zero-order valence-corrected chi connectivity index (χ0v) is 11.6. The van der Waals surface area contributed by atoms with Crippen molar-refractivity contribution in [2.24, 2.45) is 0 Å². The van der Waals surface area contributed by atoms with Crippen LogP contribution in [0.3, 0.4) is 0 Å². The number of nitrogen functional groups attached to an aromatic ring is 1. The number of amides is 1. The first kappa shape index (κ1) is 14.3. The standard InChI is InChI=1S/C15H14ClFN2O/c1-9(10-4-2-5-11(18)8-10)15(20)19-13-7-3-6-12(16)14(13)17/h2-9H,18H2,1H3,(H,19,20). The van der Waals surface area contributed by atoms with E-state index < -0.39 is 11.7 Å². The Labute approximate surface area is 121 Å². The van der Waals surface area contributed by atoms with E-state index in [4.69, 9.17) is 17.3 Å². The molecule has 0 saturated carbocycles. The largest absolute Gasteiger partial charge is 0.399 e. The minimum Gasteiger partial charge on any atom is -0.399 e. The summed E-state index contributed by atoms with van der Waals surface area (Å²) in [5.41, 5.74) is 7.10. The number of benzene rings is 2. The van der Waals surface area contributed by atoms with Crippen molar-refractivity contribution in [2.45, 2.75) is 12.8 Å². The number of halogens is 2. The molecule has 5 heteroatoms. The van der Waals surface area contributed by atoms with E-state index in [0.717, 1.165) is 5.56 Å². The Hall–Kier alpha value is -2.07. The van der Waals surface area contributed by atoms with E-state index >= 15 is 0 Å². The summed E-state index contributed by atoms with van der Waals surface area (Å²) in [5, 5.41) is 2.50. The Balaban J connectivity index is 2.18. The third-order valence-electron chi connectivity index (χ3n) is 3.01.